The molecule has 0 aliphatic carbocycles. The summed E-state index contributed by atoms with van der Waals surface area (Å²) < 4.78 is 13.8. The molecule has 0 aliphatic heterocycles. The van der Waals surface area contributed by atoms with E-state index in [9.17, 15) is 23.6 Å². The zero-order valence-corrected chi connectivity index (χ0v) is 21.4. The minimum Gasteiger partial charge on any atom is -0.363 e. The van der Waals surface area contributed by atoms with Crippen LogP contribution in [0.25, 0.3) is 0 Å². The Balaban J connectivity index is 2.09. The number of hydrogen-bond acceptors (Lipinski definition) is 5. The summed E-state index contributed by atoms with van der Waals surface area (Å²) in [6, 6.07) is 12.7. The maximum atomic E-state index is 13.8. The van der Waals surface area contributed by atoms with Crippen LogP contribution < -0.4 is 10.2 Å². The fraction of sp³-hybridized carbons (Fsp3) is 0.407. The topological polar surface area (TPSA) is 90.0 Å². The third-order valence-corrected chi connectivity index (χ3v) is 5.97. The van der Waals surface area contributed by atoms with Gasteiger partial charge in [-0.25, -0.2) is 4.39 Å². The predicted molar refractivity (Wildman–Crippen MR) is 137 cm³/mol. The number of rotatable bonds is 13. The van der Waals surface area contributed by atoms with Gasteiger partial charge in [-0.05, 0) is 55.2 Å². The highest BCUT2D eigenvalue weighted by Gasteiger charge is 2.28. The molecule has 194 valence electrons. The lowest BCUT2D eigenvalue weighted by Crippen LogP contribution is -2.48. The monoisotopic (exact) mass is 498 g/mol. The van der Waals surface area contributed by atoms with Crippen molar-refractivity contribution in [3.8, 4) is 0 Å². The SMILES string of the molecule is CCCN(CCC(C(=O)N(C)C=O)N(C)c1ccccc1)C(=O)CNC(=O)c1cc(F)cc(CC)c1. The summed E-state index contributed by atoms with van der Waals surface area (Å²) in [4.78, 5) is 54.0. The number of carbonyl (C=O) groups excluding carboxylic acids is 4. The molecule has 36 heavy (non-hydrogen) atoms. The Kier molecular flexibility index (Phi) is 11.1. The molecule has 0 saturated carbocycles. The second-order valence-corrected chi connectivity index (χ2v) is 8.57. The summed E-state index contributed by atoms with van der Waals surface area (Å²) in [6.07, 6.45) is 2.02. The van der Waals surface area contributed by atoms with Crippen molar-refractivity contribution in [2.75, 3.05) is 38.6 Å². The van der Waals surface area contributed by atoms with Crippen LogP contribution in [0.5, 0.6) is 0 Å². The molecule has 2 aromatic rings. The van der Waals surface area contributed by atoms with Gasteiger partial charge in [0.05, 0.1) is 6.54 Å². The van der Waals surface area contributed by atoms with Crippen LogP contribution in [0.3, 0.4) is 0 Å². The number of aryl methyl sites for hydroxylation is 1. The molecular formula is C27H35FN4O4. The molecule has 0 spiro atoms. The number of likely N-dealkylation sites (N-methyl/N-ethyl adjacent to an activating group) is 2. The third-order valence-electron chi connectivity index (χ3n) is 5.97. The van der Waals surface area contributed by atoms with E-state index in [4.69, 9.17) is 0 Å². The Hall–Kier alpha value is -3.75. The van der Waals surface area contributed by atoms with E-state index >= 15 is 0 Å². The van der Waals surface area contributed by atoms with Crippen LogP contribution >= 0.6 is 0 Å². The van der Waals surface area contributed by atoms with Gasteiger partial charge in [-0.15, -0.1) is 0 Å². The second-order valence-electron chi connectivity index (χ2n) is 8.57. The Labute approximate surface area is 212 Å². The zero-order chi connectivity index (χ0) is 26.7. The number of carbonyl (C=O) groups is 4. The van der Waals surface area contributed by atoms with Crippen LogP contribution in [-0.2, 0) is 20.8 Å². The number of hydrogen-bond donors (Lipinski definition) is 1. The number of nitrogens with zero attached hydrogens (tertiary/aromatic N) is 3. The molecule has 0 aliphatic rings. The molecule has 0 saturated heterocycles. The van der Waals surface area contributed by atoms with Crippen LogP contribution in [0.4, 0.5) is 10.1 Å². The smallest absolute Gasteiger partial charge is 0.251 e. The van der Waals surface area contributed by atoms with E-state index in [-0.39, 0.29) is 36.9 Å². The molecule has 4 amide bonds. The number of nitrogens with one attached hydrogen (secondary N) is 1. The minimum absolute atomic E-state index is 0.161. The van der Waals surface area contributed by atoms with E-state index in [0.29, 0.717) is 31.4 Å². The van der Waals surface area contributed by atoms with Crippen LogP contribution in [0.15, 0.2) is 48.5 Å². The highest BCUT2D eigenvalue weighted by Crippen LogP contribution is 2.18. The summed E-state index contributed by atoms with van der Waals surface area (Å²) in [5.41, 5.74) is 1.66. The van der Waals surface area contributed by atoms with E-state index < -0.39 is 17.8 Å². The first kappa shape index (κ1) is 28.5. The summed E-state index contributed by atoms with van der Waals surface area (Å²) in [7, 11) is 3.17. The first-order valence-electron chi connectivity index (χ1n) is 12.1. The Morgan fingerprint density at radius 3 is 2.33 bits per heavy atom. The standard InChI is InChI=1S/C27H35FN4O4/c1-5-13-32(25(34)18-29-26(35)21-15-20(6-2)16-22(28)17-21)14-12-24(27(36)30(3)19-33)31(4)23-10-8-7-9-11-23/h7-11,15-17,19,24H,5-6,12-14,18H2,1-4H3,(H,29,35). The maximum absolute atomic E-state index is 13.8. The van der Waals surface area contributed by atoms with Crippen molar-refractivity contribution >= 4 is 29.8 Å². The normalized spacial score (nSPS) is 11.4. The quantitative estimate of drug-likeness (QED) is 0.429. The Bertz CT molecular complexity index is 1050. The van der Waals surface area contributed by atoms with E-state index in [2.05, 4.69) is 5.32 Å². The van der Waals surface area contributed by atoms with E-state index in [1.54, 1.807) is 22.9 Å². The first-order valence-corrected chi connectivity index (χ1v) is 12.1. The largest absolute Gasteiger partial charge is 0.363 e. The molecule has 8 nitrogen and oxygen atoms in total. The van der Waals surface area contributed by atoms with Gasteiger partial charge < -0.3 is 15.1 Å². The molecule has 2 aromatic carbocycles. The molecule has 0 heterocycles. The van der Waals surface area contributed by atoms with E-state index in [1.807, 2.05) is 44.2 Å². The van der Waals surface area contributed by atoms with Crippen LogP contribution in [0, 0.1) is 5.82 Å². The summed E-state index contributed by atoms with van der Waals surface area (Å²) in [5.74, 6) is -1.73. The summed E-state index contributed by atoms with van der Waals surface area (Å²) in [6.45, 7) is 4.23. The number of halogens is 1. The van der Waals surface area contributed by atoms with Gasteiger partial charge in [-0.1, -0.05) is 32.0 Å². The predicted octanol–water partition coefficient (Wildman–Crippen LogP) is 2.87. The molecular weight excluding hydrogens is 463 g/mol. The van der Waals surface area contributed by atoms with Gasteiger partial charge in [0, 0.05) is 38.4 Å². The van der Waals surface area contributed by atoms with Crippen LogP contribution in [0.1, 0.15) is 42.6 Å². The highest BCUT2D eigenvalue weighted by atomic mass is 19.1. The second kappa shape index (κ2) is 14.0. The average Bonchev–Trinajstić information content (AvgIpc) is 2.90. The van der Waals surface area contributed by atoms with Gasteiger partial charge >= 0.3 is 0 Å². The van der Waals surface area contributed by atoms with Crippen LogP contribution in [0.2, 0.25) is 0 Å². The molecule has 1 unspecified atom stereocenters. The molecule has 0 radical (unpaired) electrons. The van der Waals surface area contributed by atoms with Gasteiger partial charge in [0.1, 0.15) is 11.9 Å². The van der Waals surface area contributed by atoms with Crippen molar-refractivity contribution in [3.05, 3.63) is 65.5 Å². The van der Waals surface area contributed by atoms with Crippen molar-refractivity contribution in [2.45, 2.75) is 39.2 Å². The van der Waals surface area contributed by atoms with Gasteiger partial charge in [0.2, 0.25) is 12.3 Å². The molecule has 1 N–H and O–H groups in total. The molecule has 1 atom stereocenters. The van der Waals surface area contributed by atoms with Gasteiger partial charge in [-0.3, -0.25) is 24.1 Å². The van der Waals surface area contributed by atoms with Gasteiger partial charge in [0.15, 0.2) is 0 Å². The third kappa shape index (κ3) is 7.90. The van der Waals surface area contributed by atoms with Crippen molar-refractivity contribution in [1.29, 1.82) is 0 Å². The lowest BCUT2D eigenvalue weighted by Gasteiger charge is -2.32. The average molecular weight is 499 g/mol. The van der Waals surface area contributed by atoms with Crippen molar-refractivity contribution in [2.24, 2.45) is 0 Å². The number of imide groups is 1. The first-order chi connectivity index (χ1) is 17.2. The Morgan fingerprint density at radius 1 is 1.03 bits per heavy atom. The van der Waals surface area contributed by atoms with Crippen molar-refractivity contribution < 1.29 is 23.6 Å². The minimum atomic E-state index is -0.677. The van der Waals surface area contributed by atoms with Crippen LogP contribution in [-0.4, -0.2) is 73.7 Å². The number of anilines is 1. The zero-order valence-electron chi connectivity index (χ0n) is 21.4. The lowest BCUT2D eigenvalue weighted by atomic mass is 10.1. The van der Waals surface area contributed by atoms with Crippen molar-refractivity contribution in [1.82, 2.24) is 15.1 Å². The highest BCUT2D eigenvalue weighted by molar-refractivity contribution is 5.96. The molecule has 0 bridgehead atoms. The van der Waals surface area contributed by atoms with E-state index in [1.165, 1.54) is 13.1 Å². The number of amides is 4. The fourth-order valence-electron chi connectivity index (χ4n) is 3.88. The molecule has 2 rings (SSSR count). The lowest BCUT2D eigenvalue weighted by molar-refractivity contribution is -0.138. The maximum Gasteiger partial charge on any atom is 0.251 e. The fourth-order valence-corrected chi connectivity index (χ4v) is 3.88. The van der Waals surface area contributed by atoms with Crippen molar-refractivity contribution in [3.63, 3.8) is 0 Å². The van der Waals surface area contributed by atoms with Gasteiger partial charge in [-0.2, -0.15) is 0 Å². The molecule has 9 heteroatoms. The summed E-state index contributed by atoms with van der Waals surface area (Å²) in [5, 5.41) is 2.57. The van der Waals surface area contributed by atoms with E-state index in [0.717, 1.165) is 16.7 Å². The number of benzene rings is 2. The van der Waals surface area contributed by atoms with Gasteiger partial charge in [0.25, 0.3) is 11.8 Å². The molecule has 0 fully saturated rings. The Morgan fingerprint density at radius 2 is 1.72 bits per heavy atom. The summed E-state index contributed by atoms with van der Waals surface area (Å²) >= 11 is 0. The number of para-hydroxylation sites is 1. The molecule has 0 aromatic heterocycles.